The minimum Gasteiger partial charge on any atom is -0.399 e. The van der Waals surface area contributed by atoms with E-state index in [-0.39, 0.29) is 34.8 Å². The molecule has 1 unspecified atom stereocenters. The van der Waals surface area contributed by atoms with Crippen LogP contribution >= 0.6 is 15.9 Å². The number of nitrogen functional groups attached to an aromatic ring is 2. The Labute approximate surface area is 222 Å². The average Bonchev–Trinajstić information content (AvgIpc) is 3.12. The highest BCUT2D eigenvalue weighted by Crippen LogP contribution is 2.28. The SMILES string of the molecule is Cc1cc(N(C)C(C)CN2C(=O)c3ccccc3C2=O)ccc1N.N#Cc1cc([N+](=O)[O-])cc(Br)c1N. The first-order valence-electron chi connectivity index (χ1n) is 11.1. The second-order valence-corrected chi connectivity index (χ2v) is 9.38. The zero-order chi connectivity index (χ0) is 27.4. The number of likely N-dealkylation sites (N-methyl/N-ethyl adjacent to an activating group) is 1. The number of fused-ring (bicyclic) bond motifs is 1. The van der Waals surface area contributed by atoms with Gasteiger partial charge in [-0.25, -0.2) is 0 Å². The van der Waals surface area contributed by atoms with Crippen LogP contribution in [0, 0.1) is 28.4 Å². The molecule has 11 heteroatoms. The third-order valence-corrected chi connectivity index (χ3v) is 6.75. The number of rotatable bonds is 5. The van der Waals surface area contributed by atoms with E-state index in [2.05, 4.69) is 20.8 Å². The minimum atomic E-state index is -0.578. The number of carbonyl (C=O) groups is 2. The van der Waals surface area contributed by atoms with Crippen LogP contribution in [0.3, 0.4) is 0 Å². The second kappa shape index (κ2) is 11.1. The van der Waals surface area contributed by atoms with Gasteiger partial charge in [0.1, 0.15) is 6.07 Å². The van der Waals surface area contributed by atoms with Gasteiger partial charge in [-0.05, 0) is 65.7 Å². The van der Waals surface area contributed by atoms with E-state index in [4.69, 9.17) is 16.7 Å². The molecule has 1 aliphatic rings. The summed E-state index contributed by atoms with van der Waals surface area (Å²) in [5, 5.41) is 18.9. The molecule has 4 rings (SSSR count). The van der Waals surface area contributed by atoms with Crippen LogP contribution in [0.15, 0.2) is 59.1 Å². The summed E-state index contributed by atoms with van der Waals surface area (Å²) in [6.45, 7) is 4.29. The molecule has 1 heterocycles. The molecule has 0 radical (unpaired) electrons. The molecule has 37 heavy (non-hydrogen) atoms. The summed E-state index contributed by atoms with van der Waals surface area (Å²) >= 11 is 3.03. The van der Waals surface area contributed by atoms with Crippen molar-refractivity contribution in [1.29, 1.82) is 5.26 Å². The van der Waals surface area contributed by atoms with E-state index in [0.717, 1.165) is 23.0 Å². The van der Waals surface area contributed by atoms with Crippen molar-refractivity contribution in [3.8, 4) is 6.07 Å². The molecule has 4 N–H and O–H groups in total. The Hall–Kier alpha value is -4.43. The Morgan fingerprint density at radius 3 is 2.22 bits per heavy atom. The zero-order valence-corrected chi connectivity index (χ0v) is 22.0. The lowest BCUT2D eigenvalue weighted by molar-refractivity contribution is -0.384. The molecule has 0 aliphatic carbocycles. The highest BCUT2D eigenvalue weighted by atomic mass is 79.9. The maximum Gasteiger partial charge on any atom is 0.272 e. The number of nitro benzene ring substituents is 1. The highest BCUT2D eigenvalue weighted by molar-refractivity contribution is 9.10. The molecule has 190 valence electrons. The van der Waals surface area contributed by atoms with Crippen LogP contribution in [0.5, 0.6) is 0 Å². The number of benzene rings is 3. The van der Waals surface area contributed by atoms with Crippen molar-refractivity contribution in [2.75, 3.05) is 30.0 Å². The first kappa shape index (κ1) is 27.2. The molecule has 0 fully saturated rings. The van der Waals surface area contributed by atoms with Gasteiger partial charge in [0.2, 0.25) is 0 Å². The summed E-state index contributed by atoms with van der Waals surface area (Å²) < 4.78 is 0.359. The molecule has 2 amide bonds. The second-order valence-electron chi connectivity index (χ2n) is 8.53. The highest BCUT2D eigenvalue weighted by Gasteiger charge is 2.36. The quantitative estimate of drug-likeness (QED) is 0.198. The van der Waals surface area contributed by atoms with Crippen LogP contribution in [0.2, 0.25) is 0 Å². The normalized spacial score (nSPS) is 12.8. The first-order chi connectivity index (χ1) is 17.5. The summed E-state index contributed by atoms with van der Waals surface area (Å²) in [6, 6.07) is 16.9. The Kier molecular flexibility index (Phi) is 8.14. The lowest BCUT2D eigenvalue weighted by Gasteiger charge is -2.30. The summed E-state index contributed by atoms with van der Waals surface area (Å²) in [4.78, 5) is 38.1. The van der Waals surface area contributed by atoms with E-state index in [1.807, 2.05) is 39.1 Å². The number of imide groups is 1. The van der Waals surface area contributed by atoms with Crippen LogP contribution in [-0.4, -0.2) is 41.3 Å². The largest absolute Gasteiger partial charge is 0.399 e. The lowest BCUT2D eigenvalue weighted by atomic mass is 10.1. The topological polar surface area (TPSA) is 160 Å². The van der Waals surface area contributed by atoms with E-state index in [1.165, 1.54) is 11.0 Å². The summed E-state index contributed by atoms with van der Waals surface area (Å²) in [7, 11) is 1.95. The Bertz CT molecular complexity index is 1400. The van der Waals surface area contributed by atoms with E-state index in [9.17, 15) is 19.7 Å². The lowest BCUT2D eigenvalue weighted by Crippen LogP contribution is -2.43. The van der Waals surface area contributed by atoms with E-state index < -0.39 is 4.92 Å². The number of amides is 2. The standard InChI is InChI=1S/C19H21N3O2.C7H4BrN3O2/c1-12-10-14(8-9-17(12)20)21(3)13(2)11-22-18(23)15-6-4-5-7-16(15)19(22)24;8-6-2-5(11(12)13)1-4(3-9)7(6)10/h4-10,13H,11,20H2,1-3H3;1-2H,10H2. The van der Waals surface area contributed by atoms with Crippen LogP contribution in [0.25, 0.3) is 0 Å². The van der Waals surface area contributed by atoms with Crippen molar-refractivity contribution in [3.05, 3.63) is 91.4 Å². The smallest absolute Gasteiger partial charge is 0.272 e. The first-order valence-corrected chi connectivity index (χ1v) is 11.9. The van der Waals surface area contributed by atoms with Crippen LogP contribution in [0.1, 0.15) is 38.8 Å². The van der Waals surface area contributed by atoms with Crippen LogP contribution in [-0.2, 0) is 0 Å². The van der Waals surface area contributed by atoms with E-state index in [0.29, 0.717) is 22.1 Å². The molecule has 0 saturated carbocycles. The number of aryl methyl sites for hydroxylation is 1. The molecule has 3 aromatic rings. The summed E-state index contributed by atoms with van der Waals surface area (Å²) in [6.07, 6.45) is 0. The fourth-order valence-electron chi connectivity index (χ4n) is 3.73. The van der Waals surface area contributed by atoms with Gasteiger partial charge in [-0.1, -0.05) is 12.1 Å². The minimum absolute atomic E-state index is 0.0183. The molecule has 0 aromatic heterocycles. The summed E-state index contributed by atoms with van der Waals surface area (Å²) in [5.41, 5.74) is 15.2. The zero-order valence-electron chi connectivity index (χ0n) is 20.4. The third kappa shape index (κ3) is 5.70. The molecular formula is C26H25BrN6O4. The molecule has 10 nitrogen and oxygen atoms in total. The van der Waals surface area contributed by atoms with Crippen molar-refractivity contribution >= 4 is 50.5 Å². The fourth-order valence-corrected chi connectivity index (χ4v) is 4.17. The van der Waals surface area contributed by atoms with Crippen molar-refractivity contribution in [1.82, 2.24) is 4.90 Å². The van der Waals surface area contributed by atoms with Crippen molar-refractivity contribution < 1.29 is 14.5 Å². The molecule has 3 aromatic carbocycles. The van der Waals surface area contributed by atoms with Gasteiger partial charge in [0.05, 0.1) is 27.3 Å². The Morgan fingerprint density at radius 1 is 1.11 bits per heavy atom. The Morgan fingerprint density at radius 2 is 1.70 bits per heavy atom. The number of halogens is 1. The van der Waals surface area contributed by atoms with Gasteiger partial charge in [-0.2, -0.15) is 5.26 Å². The van der Waals surface area contributed by atoms with Gasteiger partial charge in [0.25, 0.3) is 17.5 Å². The van der Waals surface area contributed by atoms with Crippen molar-refractivity contribution in [3.63, 3.8) is 0 Å². The number of non-ortho nitro benzene ring substituents is 1. The number of carbonyl (C=O) groups excluding carboxylic acids is 2. The molecule has 1 aliphatic heterocycles. The van der Waals surface area contributed by atoms with Crippen molar-refractivity contribution in [2.45, 2.75) is 19.9 Å². The number of nitrogens with two attached hydrogens (primary N) is 2. The van der Waals surface area contributed by atoms with Gasteiger partial charge in [0.15, 0.2) is 0 Å². The predicted molar refractivity (Wildman–Crippen MR) is 145 cm³/mol. The van der Waals surface area contributed by atoms with Gasteiger partial charge < -0.3 is 16.4 Å². The number of hydrogen-bond donors (Lipinski definition) is 2. The van der Waals surface area contributed by atoms with Gasteiger partial charge in [-0.3, -0.25) is 24.6 Å². The van der Waals surface area contributed by atoms with Crippen LogP contribution < -0.4 is 16.4 Å². The Balaban J connectivity index is 0.000000248. The third-order valence-electron chi connectivity index (χ3n) is 6.09. The maximum atomic E-state index is 12.5. The molecular weight excluding hydrogens is 540 g/mol. The summed E-state index contributed by atoms with van der Waals surface area (Å²) in [5.74, 6) is -0.436. The van der Waals surface area contributed by atoms with Crippen LogP contribution in [0.4, 0.5) is 22.7 Å². The van der Waals surface area contributed by atoms with Gasteiger partial charge in [-0.15, -0.1) is 0 Å². The monoisotopic (exact) mass is 564 g/mol. The number of nitro groups is 1. The fraction of sp³-hybridized carbons (Fsp3) is 0.192. The number of hydrogen-bond acceptors (Lipinski definition) is 8. The molecule has 1 atom stereocenters. The van der Waals surface area contributed by atoms with Gasteiger partial charge in [0, 0.05) is 47.6 Å². The van der Waals surface area contributed by atoms with E-state index in [1.54, 1.807) is 30.3 Å². The number of anilines is 3. The molecule has 0 spiro atoms. The van der Waals surface area contributed by atoms with Crippen molar-refractivity contribution in [2.24, 2.45) is 0 Å². The average molecular weight is 565 g/mol. The maximum absolute atomic E-state index is 12.5. The van der Waals surface area contributed by atoms with E-state index >= 15 is 0 Å². The number of nitriles is 1. The van der Waals surface area contributed by atoms with Gasteiger partial charge >= 0.3 is 0 Å². The molecule has 0 saturated heterocycles. The number of nitrogens with zero attached hydrogens (tertiary/aromatic N) is 4. The molecule has 0 bridgehead atoms. The predicted octanol–water partition coefficient (Wildman–Crippen LogP) is 4.51.